The molecule has 0 aliphatic heterocycles. The summed E-state index contributed by atoms with van der Waals surface area (Å²) in [5, 5.41) is 6.29. The molecule has 0 aliphatic rings. The van der Waals surface area contributed by atoms with Crippen molar-refractivity contribution in [3.05, 3.63) is 59.4 Å². The Hall–Kier alpha value is -2.76. The summed E-state index contributed by atoms with van der Waals surface area (Å²) in [6.45, 7) is 7.07. The first-order valence-electron chi connectivity index (χ1n) is 10.0. The Kier molecular flexibility index (Phi) is 8.59. The van der Waals surface area contributed by atoms with Crippen LogP contribution in [-0.2, 0) is 20.1 Å². The zero-order valence-corrected chi connectivity index (χ0v) is 17.5. The fourth-order valence-corrected chi connectivity index (χ4v) is 2.86. The fraction of sp³-hybridized carbons (Fsp3) is 0.455. The lowest BCUT2D eigenvalue weighted by molar-refractivity contribution is 0.0953. The molecule has 1 aromatic heterocycles. The number of aliphatic imine (C=N–C) groups is 1. The van der Waals surface area contributed by atoms with Crippen molar-refractivity contribution in [1.82, 2.24) is 20.1 Å². The van der Waals surface area contributed by atoms with Gasteiger partial charge in [0, 0.05) is 44.6 Å². The molecule has 2 N–H and O–H groups in total. The number of nitrogens with one attached hydrogen (secondary N) is 2. The maximum absolute atomic E-state index is 12.1. The number of hydrogen-bond donors (Lipinski definition) is 2. The summed E-state index contributed by atoms with van der Waals surface area (Å²) in [5.41, 5.74) is 3.00. The summed E-state index contributed by atoms with van der Waals surface area (Å²) in [5.74, 6) is 0.851. The number of amides is 1. The lowest BCUT2D eigenvalue weighted by Gasteiger charge is -2.22. The van der Waals surface area contributed by atoms with Gasteiger partial charge in [-0.25, -0.2) is 4.99 Å². The fourth-order valence-electron chi connectivity index (χ4n) is 2.86. The predicted molar refractivity (Wildman–Crippen MR) is 115 cm³/mol. The van der Waals surface area contributed by atoms with E-state index in [1.54, 1.807) is 0 Å². The normalized spacial score (nSPS) is 11.4. The lowest BCUT2D eigenvalue weighted by Crippen LogP contribution is -2.38. The molecule has 0 saturated carbocycles. The minimum Gasteiger partial charge on any atom is -0.357 e. The van der Waals surface area contributed by atoms with E-state index in [0.29, 0.717) is 12.1 Å². The van der Waals surface area contributed by atoms with Crippen molar-refractivity contribution in [3.8, 4) is 0 Å². The highest BCUT2D eigenvalue weighted by Crippen LogP contribution is 2.08. The number of unbranched alkanes of at least 4 members (excludes halogenated alkanes) is 1. The van der Waals surface area contributed by atoms with Crippen LogP contribution in [0.3, 0.4) is 0 Å². The van der Waals surface area contributed by atoms with Crippen LogP contribution in [0.5, 0.6) is 0 Å². The highest BCUT2D eigenvalue weighted by molar-refractivity contribution is 5.94. The number of aryl methyl sites for hydroxylation is 1. The molecule has 2 rings (SSSR count). The van der Waals surface area contributed by atoms with Crippen LogP contribution in [0.4, 0.5) is 0 Å². The topological polar surface area (TPSA) is 61.7 Å². The molecular formula is C22H33N5O. The first-order valence-corrected chi connectivity index (χ1v) is 10.0. The number of benzene rings is 1. The van der Waals surface area contributed by atoms with E-state index in [0.717, 1.165) is 44.0 Å². The van der Waals surface area contributed by atoms with E-state index >= 15 is 0 Å². The average Bonchev–Trinajstić information content (AvgIpc) is 3.10. The molecule has 0 unspecified atom stereocenters. The van der Waals surface area contributed by atoms with Gasteiger partial charge < -0.3 is 20.1 Å². The monoisotopic (exact) mass is 383 g/mol. The molecule has 0 aliphatic carbocycles. The molecule has 0 spiro atoms. The second kappa shape index (κ2) is 11.2. The van der Waals surface area contributed by atoms with Gasteiger partial charge in [-0.05, 0) is 43.2 Å². The smallest absolute Gasteiger partial charge is 0.251 e. The van der Waals surface area contributed by atoms with Gasteiger partial charge in [0.25, 0.3) is 5.91 Å². The van der Waals surface area contributed by atoms with Gasteiger partial charge in [0.1, 0.15) is 0 Å². The Bertz CT molecular complexity index is 763. The first-order chi connectivity index (χ1) is 13.5. The van der Waals surface area contributed by atoms with Crippen LogP contribution in [0.25, 0.3) is 0 Å². The number of nitrogens with zero attached hydrogens (tertiary/aromatic N) is 3. The summed E-state index contributed by atoms with van der Waals surface area (Å²) in [7, 11) is 4.09. The standard InChI is InChI=1S/C22H33N5O/c1-5-7-14-24-21(28)19-12-10-18(11-13-19)16-25-22(23-6-2)27(4)17-20-9-8-15-26(20)3/h8-13,15H,5-7,14,16-17H2,1-4H3,(H,23,25)(H,24,28). The van der Waals surface area contributed by atoms with E-state index < -0.39 is 0 Å². The van der Waals surface area contributed by atoms with E-state index in [1.165, 1.54) is 5.69 Å². The molecule has 0 atom stereocenters. The van der Waals surface area contributed by atoms with Crippen molar-refractivity contribution < 1.29 is 4.79 Å². The van der Waals surface area contributed by atoms with E-state index in [1.807, 2.05) is 50.6 Å². The highest BCUT2D eigenvalue weighted by atomic mass is 16.1. The summed E-state index contributed by atoms with van der Waals surface area (Å²) in [6.07, 6.45) is 4.12. The molecule has 0 radical (unpaired) electrons. The van der Waals surface area contributed by atoms with Crippen molar-refractivity contribution in [1.29, 1.82) is 0 Å². The Morgan fingerprint density at radius 2 is 1.89 bits per heavy atom. The van der Waals surface area contributed by atoms with Crippen LogP contribution in [0.15, 0.2) is 47.6 Å². The van der Waals surface area contributed by atoms with E-state index in [2.05, 4.69) is 40.0 Å². The molecule has 1 aromatic carbocycles. The van der Waals surface area contributed by atoms with Gasteiger partial charge in [0.15, 0.2) is 5.96 Å². The van der Waals surface area contributed by atoms with Crippen LogP contribution in [0.2, 0.25) is 0 Å². The third-order valence-electron chi connectivity index (χ3n) is 4.59. The molecular weight excluding hydrogens is 350 g/mol. The molecule has 1 amide bonds. The van der Waals surface area contributed by atoms with Crippen LogP contribution >= 0.6 is 0 Å². The van der Waals surface area contributed by atoms with Gasteiger partial charge in [-0.1, -0.05) is 25.5 Å². The minimum absolute atomic E-state index is 0.0147. The molecule has 6 nitrogen and oxygen atoms in total. The van der Waals surface area contributed by atoms with Crippen LogP contribution in [0, 0.1) is 0 Å². The van der Waals surface area contributed by atoms with Crippen LogP contribution < -0.4 is 10.6 Å². The molecule has 0 fully saturated rings. The molecule has 2 aromatic rings. The van der Waals surface area contributed by atoms with Crippen molar-refractivity contribution in [2.24, 2.45) is 12.0 Å². The molecule has 6 heteroatoms. The maximum Gasteiger partial charge on any atom is 0.251 e. The zero-order chi connectivity index (χ0) is 20.4. The maximum atomic E-state index is 12.1. The van der Waals surface area contributed by atoms with Gasteiger partial charge in [-0.2, -0.15) is 0 Å². The lowest BCUT2D eigenvalue weighted by atomic mass is 10.1. The number of carbonyl (C=O) groups excluding carboxylic acids is 1. The quantitative estimate of drug-likeness (QED) is 0.397. The van der Waals surface area contributed by atoms with Crippen LogP contribution in [0.1, 0.15) is 48.3 Å². The summed E-state index contributed by atoms with van der Waals surface area (Å²) < 4.78 is 2.12. The Balaban J connectivity index is 1.98. The highest BCUT2D eigenvalue weighted by Gasteiger charge is 2.09. The second-order valence-electron chi connectivity index (χ2n) is 6.94. The molecule has 1 heterocycles. The molecule has 28 heavy (non-hydrogen) atoms. The van der Waals surface area contributed by atoms with Crippen molar-refractivity contribution in [2.75, 3.05) is 20.1 Å². The Labute approximate surface area is 168 Å². The first kappa shape index (κ1) is 21.5. The van der Waals surface area contributed by atoms with Crippen molar-refractivity contribution >= 4 is 11.9 Å². The summed E-state index contributed by atoms with van der Waals surface area (Å²) >= 11 is 0. The minimum atomic E-state index is -0.0147. The van der Waals surface area contributed by atoms with E-state index in [9.17, 15) is 4.79 Å². The van der Waals surface area contributed by atoms with Crippen molar-refractivity contribution in [3.63, 3.8) is 0 Å². The number of rotatable bonds is 9. The van der Waals surface area contributed by atoms with Gasteiger partial charge in [0.2, 0.25) is 0 Å². The van der Waals surface area contributed by atoms with Gasteiger partial charge in [-0.3, -0.25) is 4.79 Å². The Morgan fingerprint density at radius 3 is 2.50 bits per heavy atom. The SMILES string of the molecule is CCCCNC(=O)c1ccc(CN=C(NCC)N(C)Cc2cccn2C)cc1. The molecule has 0 saturated heterocycles. The van der Waals surface area contributed by atoms with E-state index in [4.69, 9.17) is 4.99 Å². The van der Waals surface area contributed by atoms with Gasteiger partial charge >= 0.3 is 0 Å². The number of carbonyl (C=O) groups is 1. The third kappa shape index (κ3) is 6.44. The predicted octanol–water partition coefficient (Wildman–Crippen LogP) is 3.15. The number of guanidine groups is 1. The molecule has 0 bridgehead atoms. The average molecular weight is 384 g/mol. The Morgan fingerprint density at radius 1 is 1.14 bits per heavy atom. The van der Waals surface area contributed by atoms with Crippen molar-refractivity contribution in [2.45, 2.75) is 39.8 Å². The zero-order valence-electron chi connectivity index (χ0n) is 17.5. The second-order valence-corrected chi connectivity index (χ2v) is 6.94. The summed E-state index contributed by atoms with van der Waals surface area (Å²) in [6, 6.07) is 11.8. The van der Waals surface area contributed by atoms with Gasteiger partial charge in [-0.15, -0.1) is 0 Å². The summed E-state index contributed by atoms with van der Waals surface area (Å²) in [4.78, 5) is 19.0. The van der Waals surface area contributed by atoms with Crippen LogP contribution in [-0.4, -0.2) is 41.5 Å². The largest absolute Gasteiger partial charge is 0.357 e. The van der Waals surface area contributed by atoms with E-state index in [-0.39, 0.29) is 5.91 Å². The van der Waals surface area contributed by atoms with Gasteiger partial charge in [0.05, 0.1) is 13.1 Å². The number of aromatic nitrogens is 1. The molecule has 152 valence electrons. The third-order valence-corrected chi connectivity index (χ3v) is 4.59. The number of hydrogen-bond acceptors (Lipinski definition) is 2.